The third kappa shape index (κ3) is 3.94. The average molecular weight is 287 g/mol. The van der Waals surface area contributed by atoms with Gasteiger partial charge in [-0.3, -0.25) is 0 Å². The second-order valence-electron chi connectivity index (χ2n) is 5.47. The van der Waals surface area contributed by atoms with Crippen LogP contribution in [0, 0.1) is 13.8 Å². The van der Waals surface area contributed by atoms with Crippen LogP contribution in [0.25, 0.3) is 0 Å². The van der Waals surface area contributed by atoms with Crippen molar-refractivity contribution < 1.29 is 0 Å². The van der Waals surface area contributed by atoms with Gasteiger partial charge in [-0.1, -0.05) is 25.1 Å². The fourth-order valence-corrected chi connectivity index (χ4v) is 3.29. The van der Waals surface area contributed by atoms with Gasteiger partial charge in [-0.2, -0.15) is 11.3 Å². The van der Waals surface area contributed by atoms with Crippen molar-refractivity contribution in [3.8, 4) is 0 Å². The van der Waals surface area contributed by atoms with Crippen molar-refractivity contribution in [3.05, 3.63) is 57.3 Å². The van der Waals surface area contributed by atoms with Gasteiger partial charge < -0.3 is 5.32 Å². The van der Waals surface area contributed by atoms with E-state index in [1.807, 2.05) is 0 Å². The van der Waals surface area contributed by atoms with Crippen molar-refractivity contribution in [2.75, 3.05) is 6.54 Å². The van der Waals surface area contributed by atoms with E-state index in [4.69, 9.17) is 0 Å². The minimum absolute atomic E-state index is 0.467. The largest absolute Gasteiger partial charge is 0.310 e. The summed E-state index contributed by atoms with van der Waals surface area (Å²) >= 11 is 1.79. The van der Waals surface area contributed by atoms with Gasteiger partial charge in [-0.05, 0) is 78.7 Å². The zero-order valence-electron chi connectivity index (χ0n) is 12.8. The summed E-state index contributed by atoms with van der Waals surface area (Å²) in [5.74, 6) is 0. The van der Waals surface area contributed by atoms with E-state index in [-0.39, 0.29) is 0 Å². The molecule has 1 aromatic heterocycles. The van der Waals surface area contributed by atoms with Gasteiger partial charge in [0.2, 0.25) is 0 Å². The van der Waals surface area contributed by atoms with Gasteiger partial charge in [-0.25, -0.2) is 0 Å². The quantitative estimate of drug-likeness (QED) is 0.752. The molecule has 0 aliphatic heterocycles. The van der Waals surface area contributed by atoms with E-state index in [1.165, 1.54) is 35.1 Å². The lowest BCUT2D eigenvalue weighted by atomic mass is 9.93. The van der Waals surface area contributed by atoms with Gasteiger partial charge >= 0.3 is 0 Å². The normalized spacial score (nSPS) is 12.6. The predicted molar refractivity (Wildman–Crippen MR) is 89.6 cm³/mol. The standard InChI is InChI=1S/C18H25NS/c1-4-11-19-18(9-8-16-10-12-20-13-16)17-7-5-6-14(2)15(17)3/h5-7,10,12-13,18-19H,4,8-9,11H2,1-3H3. The van der Waals surface area contributed by atoms with E-state index in [1.54, 1.807) is 11.3 Å². The summed E-state index contributed by atoms with van der Waals surface area (Å²) in [7, 11) is 0. The minimum Gasteiger partial charge on any atom is -0.310 e. The molecule has 2 aromatic rings. The van der Waals surface area contributed by atoms with Crippen molar-refractivity contribution in [1.82, 2.24) is 5.32 Å². The number of aryl methyl sites for hydroxylation is 2. The van der Waals surface area contributed by atoms with Gasteiger partial charge in [0.05, 0.1) is 0 Å². The Morgan fingerprint density at radius 1 is 1.20 bits per heavy atom. The highest BCUT2D eigenvalue weighted by atomic mass is 32.1. The van der Waals surface area contributed by atoms with Crippen molar-refractivity contribution in [1.29, 1.82) is 0 Å². The van der Waals surface area contributed by atoms with Crippen LogP contribution in [0.2, 0.25) is 0 Å². The molecule has 2 heteroatoms. The van der Waals surface area contributed by atoms with Crippen molar-refractivity contribution >= 4 is 11.3 Å². The van der Waals surface area contributed by atoms with E-state index in [0.717, 1.165) is 13.0 Å². The molecule has 20 heavy (non-hydrogen) atoms. The molecule has 0 aliphatic rings. The number of nitrogens with one attached hydrogen (secondary N) is 1. The number of hydrogen-bond donors (Lipinski definition) is 1. The van der Waals surface area contributed by atoms with Crippen LogP contribution < -0.4 is 5.32 Å². The van der Waals surface area contributed by atoms with Crippen LogP contribution in [0.5, 0.6) is 0 Å². The molecular weight excluding hydrogens is 262 g/mol. The first-order valence-corrected chi connectivity index (χ1v) is 8.47. The molecule has 1 heterocycles. The summed E-state index contributed by atoms with van der Waals surface area (Å²) in [6, 6.07) is 9.38. The van der Waals surface area contributed by atoms with Crippen molar-refractivity contribution in [2.24, 2.45) is 0 Å². The third-order valence-electron chi connectivity index (χ3n) is 3.96. The molecule has 0 amide bonds. The molecule has 108 valence electrons. The molecule has 1 atom stereocenters. The molecule has 2 rings (SSSR count). The van der Waals surface area contributed by atoms with E-state index in [2.05, 4.69) is 61.1 Å². The molecule has 0 saturated heterocycles. The summed E-state index contributed by atoms with van der Waals surface area (Å²) < 4.78 is 0. The lowest BCUT2D eigenvalue weighted by Gasteiger charge is -2.22. The zero-order chi connectivity index (χ0) is 14.4. The Bertz CT molecular complexity index is 516. The van der Waals surface area contributed by atoms with E-state index in [0.29, 0.717) is 6.04 Å². The fourth-order valence-electron chi connectivity index (χ4n) is 2.58. The van der Waals surface area contributed by atoms with Gasteiger partial charge in [0.1, 0.15) is 0 Å². The molecule has 1 aromatic carbocycles. The van der Waals surface area contributed by atoms with Crippen LogP contribution >= 0.6 is 11.3 Å². The van der Waals surface area contributed by atoms with Crippen LogP contribution in [0.4, 0.5) is 0 Å². The Hall–Kier alpha value is -1.12. The second kappa shape index (κ2) is 7.61. The number of hydrogen-bond acceptors (Lipinski definition) is 2. The van der Waals surface area contributed by atoms with E-state index >= 15 is 0 Å². The summed E-state index contributed by atoms with van der Waals surface area (Å²) in [5, 5.41) is 8.15. The second-order valence-corrected chi connectivity index (χ2v) is 6.25. The fraction of sp³-hybridized carbons (Fsp3) is 0.444. The van der Waals surface area contributed by atoms with Crippen LogP contribution in [0.3, 0.4) is 0 Å². The Kier molecular flexibility index (Phi) is 5.81. The Balaban J connectivity index is 2.11. The first-order chi connectivity index (χ1) is 9.72. The first kappa shape index (κ1) is 15.3. The van der Waals surface area contributed by atoms with Crippen molar-refractivity contribution in [3.63, 3.8) is 0 Å². The van der Waals surface area contributed by atoms with Gasteiger partial charge in [0, 0.05) is 6.04 Å². The molecule has 0 bridgehead atoms. The Morgan fingerprint density at radius 3 is 2.75 bits per heavy atom. The monoisotopic (exact) mass is 287 g/mol. The van der Waals surface area contributed by atoms with Gasteiger partial charge in [-0.15, -0.1) is 0 Å². The highest BCUT2D eigenvalue weighted by Gasteiger charge is 2.14. The van der Waals surface area contributed by atoms with Crippen molar-refractivity contribution in [2.45, 2.75) is 46.1 Å². The van der Waals surface area contributed by atoms with E-state index in [9.17, 15) is 0 Å². The summed E-state index contributed by atoms with van der Waals surface area (Å²) in [4.78, 5) is 0. The minimum atomic E-state index is 0.467. The number of thiophene rings is 1. The molecular formula is C18H25NS. The molecule has 0 aliphatic carbocycles. The molecule has 0 fully saturated rings. The molecule has 1 N–H and O–H groups in total. The smallest absolute Gasteiger partial charge is 0.0326 e. The van der Waals surface area contributed by atoms with Gasteiger partial charge in [0.15, 0.2) is 0 Å². The maximum Gasteiger partial charge on any atom is 0.0326 e. The van der Waals surface area contributed by atoms with Crippen LogP contribution in [0.1, 0.15) is 48.1 Å². The highest BCUT2D eigenvalue weighted by Crippen LogP contribution is 2.25. The highest BCUT2D eigenvalue weighted by molar-refractivity contribution is 7.07. The molecule has 1 nitrogen and oxygen atoms in total. The number of rotatable bonds is 7. The molecule has 0 spiro atoms. The molecule has 0 saturated carbocycles. The maximum atomic E-state index is 3.72. The predicted octanol–water partition coefficient (Wildman–Crippen LogP) is 5.04. The topological polar surface area (TPSA) is 12.0 Å². The van der Waals surface area contributed by atoms with Gasteiger partial charge in [0.25, 0.3) is 0 Å². The maximum absolute atomic E-state index is 3.72. The van der Waals surface area contributed by atoms with Crippen LogP contribution in [-0.2, 0) is 6.42 Å². The Morgan fingerprint density at radius 2 is 2.05 bits per heavy atom. The number of benzene rings is 1. The SMILES string of the molecule is CCCNC(CCc1ccsc1)c1cccc(C)c1C. The average Bonchev–Trinajstić information content (AvgIpc) is 2.96. The summed E-state index contributed by atoms with van der Waals surface area (Å²) in [6.45, 7) is 7.76. The van der Waals surface area contributed by atoms with E-state index < -0.39 is 0 Å². The zero-order valence-corrected chi connectivity index (χ0v) is 13.6. The van der Waals surface area contributed by atoms with Crippen LogP contribution in [0.15, 0.2) is 35.0 Å². The summed E-state index contributed by atoms with van der Waals surface area (Å²) in [6.07, 6.45) is 3.50. The molecule has 0 radical (unpaired) electrons. The lowest BCUT2D eigenvalue weighted by Crippen LogP contribution is -2.23. The Labute approximate surface area is 127 Å². The summed E-state index contributed by atoms with van der Waals surface area (Å²) in [5.41, 5.74) is 5.75. The lowest BCUT2D eigenvalue weighted by molar-refractivity contribution is 0.497. The molecule has 1 unspecified atom stereocenters. The van der Waals surface area contributed by atoms with Crippen LogP contribution in [-0.4, -0.2) is 6.54 Å². The third-order valence-corrected chi connectivity index (χ3v) is 4.70. The first-order valence-electron chi connectivity index (χ1n) is 7.53.